The van der Waals surface area contributed by atoms with Crippen LogP contribution in [0.2, 0.25) is 0 Å². The second-order valence-electron chi connectivity index (χ2n) is 1.56. The zero-order chi connectivity index (χ0) is 6.69. The lowest BCUT2D eigenvalue weighted by Crippen LogP contribution is -2.02. The largest absolute Gasteiger partial charge is 0.324 e. The number of hydrogen-bond acceptors (Lipinski definition) is 2. The van der Waals surface area contributed by atoms with Gasteiger partial charge in [-0.3, -0.25) is 0 Å². The molecule has 9 heavy (non-hydrogen) atoms. The second kappa shape index (κ2) is 2.89. The molecule has 0 aromatic heterocycles. The molecule has 0 aliphatic carbocycles. The minimum absolute atomic E-state index is 1.07. The van der Waals surface area contributed by atoms with E-state index in [9.17, 15) is 0 Å². The SMILES string of the molecule is CC1=[N+](I)C=NN=C=C1. The Morgan fingerprint density at radius 1 is 1.78 bits per heavy atom. The van der Waals surface area contributed by atoms with Crippen LogP contribution in [0.15, 0.2) is 16.3 Å². The number of nitrogens with zero attached hydrogens (tertiary/aromatic N) is 3. The fourth-order valence-electron chi connectivity index (χ4n) is 0.380. The number of halogens is 1. The first kappa shape index (κ1) is 6.64. The molecule has 4 heteroatoms. The highest BCUT2D eigenvalue weighted by Gasteiger charge is 1.98. The fourth-order valence-corrected chi connectivity index (χ4v) is 0.630. The van der Waals surface area contributed by atoms with Crippen molar-refractivity contribution in [3.05, 3.63) is 6.08 Å². The van der Waals surface area contributed by atoms with Crippen LogP contribution in [0.25, 0.3) is 0 Å². The van der Waals surface area contributed by atoms with Gasteiger partial charge in [0, 0.05) is 17.0 Å². The summed E-state index contributed by atoms with van der Waals surface area (Å²) in [6.45, 7) is 1.96. The van der Waals surface area contributed by atoms with E-state index in [-0.39, 0.29) is 0 Å². The first-order chi connectivity index (χ1) is 4.30. The summed E-state index contributed by atoms with van der Waals surface area (Å²) in [5, 5.41) is 7.23. The van der Waals surface area contributed by atoms with Gasteiger partial charge in [0.2, 0.25) is 22.9 Å². The average molecular weight is 234 g/mol. The first-order valence-electron chi connectivity index (χ1n) is 2.41. The highest BCUT2D eigenvalue weighted by Crippen LogP contribution is 1.89. The Morgan fingerprint density at radius 2 is 2.56 bits per heavy atom. The van der Waals surface area contributed by atoms with Gasteiger partial charge in [0.1, 0.15) is 5.71 Å². The standard InChI is InChI=1S/C5H5IN3/c1-5-2-3-7-8-4-9(5)6/h2,4H,1H3/q+1. The maximum atomic E-state index is 3.66. The van der Waals surface area contributed by atoms with Crippen LogP contribution in [0.5, 0.6) is 0 Å². The zero-order valence-corrected chi connectivity index (χ0v) is 7.03. The Balaban J connectivity index is 3.06. The van der Waals surface area contributed by atoms with Crippen molar-refractivity contribution in [3.63, 3.8) is 0 Å². The van der Waals surface area contributed by atoms with Gasteiger partial charge in [-0.15, -0.1) is 0 Å². The Kier molecular flexibility index (Phi) is 2.13. The van der Waals surface area contributed by atoms with E-state index in [2.05, 4.69) is 38.9 Å². The summed E-state index contributed by atoms with van der Waals surface area (Å²) >= 11 is 2.12. The molecule has 0 aromatic carbocycles. The molecule has 46 valence electrons. The Hall–Kier alpha value is -0.480. The van der Waals surface area contributed by atoms with Crippen LogP contribution in [0.3, 0.4) is 0 Å². The van der Waals surface area contributed by atoms with Crippen LogP contribution >= 0.6 is 22.9 Å². The summed E-state index contributed by atoms with van der Waals surface area (Å²) in [6, 6.07) is 0. The molecule has 1 aliphatic rings. The van der Waals surface area contributed by atoms with Crippen molar-refractivity contribution in [3.8, 4) is 0 Å². The molecule has 3 nitrogen and oxygen atoms in total. The third-order valence-corrected chi connectivity index (χ3v) is 1.89. The summed E-state index contributed by atoms with van der Waals surface area (Å²) in [4.78, 5) is 0. The molecule has 0 radical (unpaired) electrons. The third-order valence-electron chi connectivity index (χ3n) is 0.879. The van der Waals surface area contributed by atoms with Crippen molar-refractivity contribution < 1.29 is 2.79 Å². The van der Waals surface area contributed by atoms with Crippen LogP contribution in [0, 0.1) is 0 Å². The quantitative estimate of drug-likeness (QED) is 0.441. The fraction of sp³-hybridized carbons (Fsp3) is 0.200. The van der Waals surface area contributed by atoms with Crippen molar-refractivity contribution in [2.45, 2.75) is 6.92 Å². The van der Waals surface area contributed by atoms with E-state index in [1.807, 2.05) is 9.71 Å². The van der Waals surface area contributed by atoms with Crippen LogP contribution < -0.4 is 0 Å². The minimum Gasteiger partial charge on any atom is -0.171 e. The van der Waals surface area contributed by atoms with Crippen molar-refractivity contribution in [2.75, 3.05) is 0 Å². The molecule has 1 aliphatic heterocycles. The smallest absolute Gasteiger partial charge is 0.171 e. The number of allylic oxidation sites excluding steroid dienone is 1. The van der Waals surface area contributed by atoms with Crippen LogP contribution in [0.4, 0.5) is 0 Å². The molecule has 0 unspecified atom stereocenters. The van der Waals surface area contributed by atoms with Crippen molar-refractivity contribution >= 4 is 40.8 Å². The van der Waals surface area contributed by atoms with E-state index in [4.69, 9.17) is 0 Å². The van der Waals surface area contributed by atoms with E-state index in [1.54, 1.807) is 12.4 Å². The normalized spacial score (nSPS) is 16.7. The van der Waals surface area contributed by atoms with Crippen molar-refractivity contribution in [2.24, 2.45) is 10.2 Å². The second-order valence-corrected chi connectivity index (χ2v) is 2.60. The van der Waals surface area contributed by atoms with Crippen LogP contribution in [-0.2, 0) is 0 Å². The molecule has 0 N–H and O–H groups in total. The van der Waals surface area contributed by atoms with Crippen molar-refractivity contribution in [1.29, 1.82) is 0 Å². The van der Waals surface area contributed by atoms with Gasteiger partial charge in [-0.1, -0.05) is 0 Å². The topological polar surface area (TPSA) is 27.7 Å². The molecule has 0 bridgehead atoms. The molecule has 0 spiro atoms. The van der Waals surface area contributed by atoms with E-state index < -0.39 is 0 Å². The predicted molar refractivity (Wildman–Crippen MR) is 45.5 cm³/mol. The summed E-state index contributed by atoms with van der Waals surface area (Å²) in [7, 11) is 0. The van der Waals surface area contributed by atoms with Crippen molar-refractivity contribution in [1.82, 2.24) is 0 Å². The van der Waals surface area contributed by atoms with E-state index in [0.29, 0.717) is 0 Å². The average Bonchev–Trinajstić information content (AvgIpc) is 1.99. The Bertz CT molecular complexity index is 233. The van der Waals surface area contributed by atoms with Crippen LogP contribution in [-0.4, -0.2) is 20.7 Å². The van der Waals surface area contributed by atoms with E-state index in [1.165, 1.54) is 0 Å². The monoisotopic (exact) mass is 234 g/mol. The van der Waals surface area contributed by atoms with Gasteiger partial charge < -0.3 is 0 Å². The van der Waals surface area contributed by atoms with Crippen LogP contribution in [0.1, 0.15) is 6.92 Å². The molecular weight excluding hydrogens is 229 g/mol. The van der Waals surface area contributed by atoms with Gasteiger partial charge in [-0.25, -0.2) is 0 Å². The maximum absolute atomic E-state index is 3.66. The molecule has 0 saturated heterocycles. The molecule has 0 aromatic rings. The minimum atomic E-state index is 1.07. The van der Waals surface area contributed by atoms with Gasteiger partial charge in [0.15, 0.2) is 0 Å². The lowest BCUT2D eigenvalue weighted by molar-refractivity contribution is -0.126. The lowest BCUT2D eigenvalue weighted by atomic mass is 10.4. The molecular formula is C5H5IN3+. The lowest BCUT2D eigenvalue weighted by Gasteiger charge is -1.83. The first-order valence-corrected chi connectivity index (χ1v) is 3.37. The number of hydrogen-bond donors (Lipinski definition) is 0. The highest BCUT2D eigenvalue weighted by atomic mass is 127. The molecule has 0 fully saturated rings. The summed E-state index contributed by atoms with van der Waals surface area (Å²) < 4.78 is 1.85. The third kappa shape index (κ3) is 1.73. The van der Waals surface area contributed by atoms with Gasteiger partial charge in [0.25, 0.3) is 0 Å². The van der Waals surface area contributed by atoms with E-state index in [0.717, 1.165) is 5.71 Å². The summed E-state index contributed by atoms with van der Waals surface area (Å²) in [5.74, 6) is 2.65. The van der Waals surface area contributed by atoms with Gasteiger partial charge in [-0.2, -0.15) is 2.79 Å². The summed E-state index contributed by atoms with van der Waals surface area (Å²) in [5.41, 5.74) is 1.07. The molecule has 1 heterocycles. The van der Waals surface area contributed by atoms with Gasteiger partial charge in [0.05, 0.1) is 5.10 Å². The maximum Gasteiger partial charge on any atom is 0.324 e. The summed E-state index contributed by atoms with van der Waals surface area (Å²) in [6.07, 6.45) is 3.41. The zero-order valence-electron chi connectivity index (χ0n) is 4.87. The molecule has 0 amide bonds. The van der Waals surface area contributed by atoms with Gasteiger partial charge in [-0.05, 0) is 6.92 Å². The van der Waals surface area contributed by atoms with E-state index >= 15 is 0 Å². The number of rotatable bonds is 0. The molecule has 1 rings (SSSR count). The molecule has 0 atom stereocenters. The molecule has 0 saturated carbocycles. The highest BCUT2D eigenvalue weighted by molar-refractivity contribution is 14.1. The Morgan fingerprint density at radius 3 is 3.33 bits per heavy atom. The predicted octanol–water partition coefficient (Wildman–Crippen LogP) is 0.993. The Labute approximate surface area is 67.0 Å². The van der Waals surface area contributed by atoms with Gasteiger partial charge >= 0.3 is 6.34 Å².